The first kappa shape index (κ1) is 15.3. The molecule has 110 valence electrons. The number of aromatic carboxylic acids is 1. The van der Waals surface area contributed by atoms with Crippen molar-refractivity contribution in [2.24, 2.45) is 0 Å². The summed E-state index contributed by atoms with van der Waals surface area (Å²) in [5.41, 5.74) is 5.61. The highest BCUT2D eigenvalue weighted by Crippen LogP contribution is 2.23. The fourth-order valence-electron chi connectivity index (χ4n) is 1.71. The Morgan fingerprint density at radius 3 is 2.52 bits per heavy atom. The van der Waals surface area contributed by atoms with Crippen LogP contribution in [0.25, 0.3) is 0 Å². The number of carboxylic acids is 1. The Morgan fingerprint density at radius 2 is 1.90 bits per heavy atom. The Labute approximate surface area is 129 Å². The van der Waals surface area contributed by atoms with E-state index in [9.17, 15) is 13.2 Å². The molecule has 0 aromatic heterocycles. The average molecular weight is 371 g/mol. The first-order valence-corrected chi connectivity index (χ1v) is 7.98. The molecule has 2 rings (SSSR count). The molecule has 21 heavy (non-hydrogen) atoms. The van der Waals surface area contributed by atoms with Crippen LogP contribution in [0, 0.1) is 0 Å². The van der Waals surface area contributed by atoms with Gasteiger partial charge in [0.15, 0.2) is 0 Å². The summed E-state index contributed by atoms with van der Waals surface area (Å²) >= 11 is 3.23. The zero-order valence-corrected chi connectivity index (χ0v) is 13.0. The molecule has 0 fully saturated rings. The SMILES string of the molecule is Nc1ccc(S(=O)(=O)Nc2cccc(Br)c2)c(C(=O)O)c1. The van der Waals surface area contributed by atoms with Gasteiger partial charge in [0, 0.05) is 15.8 Å². The van der Waals surface area contributed by atoms with Gasteiger partial charge in [0.05, 0.1) is 5.56 Å². The van der Waals surface area contributed by atoms with E-state index < -0.39 is 16.0 Å². The van der Waals surface area contributed by atoms with Gasteiger partial charge in [0.25, 0.3) is 10.0 Å². The highest BCUT2D eigenvalue weighted by Gasteiger charge is 2.22. The third kappa shape index (κ3) is 3.53. The number of benzene rings is 2. The van der Waals surface area contributed by atoms with E-state index in [1.54, 1.807) is 24.3 Å². The maximum absolute atomic E-state index is 12.3. The maximum Gasteiger partial charge on any atom is 0.337 e. The van der Waals surface area contributed by atoms with E-state index in [0.29, 0.717) is 10.2 Å². The van der Waals surface area contributed by atoms with E-state index in [1.165, 1.54) is 12.1 Å². The van der Waals surface area contributed by atoms with Crippen molar-refractivity contribution in [2.75, 3.05) is 10.5 Å². The molecule has 6 nitrogen and oxygen atoms in total. The van der Waals surface area contributed by atoms with Crippen LogP contribution < -0.4 is 10.5 Å². The minimum atomic E-state index is -4.03. The van der Waals surface area contributed by atoms with E-state index in [4.69, 9.17) is 10.8 Å². The molecule has 2 aromatic rings. The van der Waals surface area contributed by atoms with E-state index in [0.717, 1.165) is 6.07 Å². The van der Waals surface area contributed by atoms with Gasteiger partial charge in [-0.3, -0.25) is 4.72 Å². The highest BCUT2D eigenvalue weighted by molar-refractivity contribution is 9.10. The van der Waals surface area contributed by atoms with Crippen molar-refractivity contribution in [3.8, 4) is 0 Å². The first-order valence-electron chi connectivity index (χ1n) is 5.71. The number of anilines is 2. The molecule has 0 unspecified atom stereocenters. The minimum absolute atomic E-state index is 0.175. The van der Waals surface area contributed by atoms with E-state index in [2.05, 4.69) is 20.7 Å². The Balaban J connectivity index is 2.47. The summed E-state index contributed by atoms with van der Waals surface area (Å²) in [5, 5.41) is 9.11. The number of hydrogen-bond acceptors (Lipinski definition) is 4. The number of nitrogens with two attached hydrogens (primary N) is 1. The maximum atomic E-state index is 12.3. The number of halogens is 1. The molecule has 0 heterocycles. The topological polar surface area (TPSA) is 109 Å². The van der Waals surface area contributed by atoms with Gasteiger partial charge >= 0.3 is 5.97 Å². The molecule has 0 saturated heterocycles. The summed E-state index contributed by atoms with van der Waals surface area (Å²) in [5.74, 6) is -1.36. The van der Waals surface area contributed by atoms with E-state index in [1.807, 2.05) is 0 Å². The third-order valence-corrected chi connectivity index (χ3v) is 4.53. The van der Waals surface area contributed by atoms with Crippen LogP contribution in [0.3, 0.4) is 0 Å². The molecule has 2 aromatic carbocycles. The van der Waals surface area contributed by atoms with Crippen LogP contribution in [0.4, 0.5) is 11.4 Å². The van der Waals surface area contributed by atoms with Gasteiger partial charge in [0.1, 0.15) is 4.90 Å². The Morgan fingerprint density at radius 1 is 1.19 bits per heavy atom. The Bertz CT molecular complexity index is 806. The molecule has 0 aliphatic carbocycles. The molecular weight excluding hydrogens is 360 g/mol. The number of carboxylic acid groups (broad SMARTS) is 1. The number of sulfonamides is 1. The van der Waals surface area contributed by atoms with E-state index >= 15 is 0 Å². The van der Waals surface area contributed by atoms with E-state index in [-0.39, 0.29) is 16.1 Å². The van der Waals surface area contributed by atoms with Crippen LogP contribution in [0.2, 0.25) is 0 Å². The number of carbonyl (C=O) groups is 1. The highest BCUT2D eigenvalue weighted by atomic mass is 79.9. The predicted octanol–water partition coefficient (Wildman–Crippen LogP) is 2.53. The number of hydrogen-bond donors (Lipinski definition) is 3. The molecule has 0 saturated carbocycles. The van der Waals surface area contributed by atoms with Gasteiger partial charge in [-0.15, -0.1) is 0 Å². The Kier molecular flexibility index (Phi) is 4.19. The lowest BCUT2D eigenvalue weighted by atomic mass is 10.2. The third-order valence-electron chi connectivity index (χ3n) is 2.60. The minimum Gasteiger partial charge on any atom is -0.478 e. The fraction of sp³-hybridized carbons (Fsp3) is 0. The van der Waals surface area contributed by atoms with Crippen LogP contribution in [0.5, 0.6) is 0 Å². The number of nitrogens with one attached hydrogen (secondary N) is 1. The lowest BCUT2D eigenvalue weighted by molar-refractivity contribution is 0.0692. The molecule has 0 atom stereocenters. The van der Waals surface area contributed by atoms with Gasteiger partial charge in [-0.1, -0.05) is 22.0 Å². The molecular formula is C13H11BrN2O4S. The molecule has 0 bridgehead atoms. The fourth-order valence-corrected chi connectivity index (χ4v) is 3.34. The largest absolute Gasteiger partial charge is 0.478 e. The quantitative estimate of drug-likeness (QED) is 0.716. The second-order valence-corrected chi connectivity index (χ2v) is 6.74. The van der Waals surface area contributed by atoms with Crippen LogP contribution in [0.15, 0.2) is 51.8 Å². The molecule has 0 amide bonds. The normalized spacial score (nSPS) is 11.1. The van der Waals surface area contributed by atoms with Gasteiger partial charge in [-0.2, -0.15) is 0 Å². The van der Waals surface area contributed by atoms with Gasteiger partial charge in [0.2, 0.25) is 0 Å². The second-order valence-electron chi connectivity index (χ2n) is 4.18. The average Bonchev–Trinajstić information content (AvgIpc) is 2.37. The van der Waals surface area contributed by atoms with Crippen molar-refractivity contribution < 1.29 is 18.3 Å². The summed E-state index contributed by atoms with van der Waals surface area (Å²) in [6.07, 6.45) is 0. The second kappa shape index (κ2) is 5.74. The summed E-state index contributed by atoms with van der Waals surface area (Å²) in [6, 6.07) is 10.1. The van der Waals surface area contributed by atoms with Crippen LogP contribution in [0.1, 0.15) is 10.4 Å². The zero-order valence-electron chi connectivity index (χ0n) is 10.6. The standard InChI is InChI=1S/C13H11BrN2O4S/c14-8-2-1-3-10(6-8)16-21(19,20)12-5-4-9(15)7-11(12)13(17)18/h1-7,16H,15H2,(H,17,18). The van der Waals surface area contributed by atoms with Crippen LogP contribution in [-0.2, 0) is 10.0 Å². The lowest BCUT2D eigenvalue weighted by Gasteiger charge is -2.11. The number of nitrogen functional groups attached to an aromatic ring is 1. The van der Waals surface area contributed by atoms with Crippen molar-refractivity contribution in [2.45, 2.75) is 4.90 Å². The molecule has 0 aliphatic heterocycles. The summed E-state index contributed by atoms with van der Waals surface area (Å²) in [7, 11) is -4.03. The molecule has 0 spiro atoms. The van der Waals surface area contributed by atoms with Crippen molar-refractivity contribution in [1.82, 2.24) is 0 Å². The smallest absolute Gasteiger partial charge is 0.337 e. The van der Waals surface area contributed by atoms with Gasteiger partial charge in [-0.05, 0) is 36.4 Å². The molecule has 0 aliphatic rings. The summed E-state index contributed by atoms with van der Waals surface area (Å²) in [6.45, 7) is 0. The van der Waals surface area contributed by atoms with Crippen molar-refractivity contribution >= 4 is 43.3 Å². The Hall–Kier alpha value is -2.06. The van der Waals surface area contributed by atoms with Gasteiger partial charge < -0.3 is 10.8 Å². The monoisotopic (exact) mass is 370 g/mol. The summed E-state index contributed by atoms with van der Waals surface area (Å²) in [4.78, 5) is 10.8. The number of rotatable bonds is 4. The summed E-state index contributed by atoms with van der Waals surface area (Å²) < 4.78 is 27.7. The molecule has 4 N–H and O–H groups in total. The van der Waals surface area contributed by atoms with Crippen molar-refractivity contribution in [1.29, 1.82) is 0 Å². The molecule has 8 heteroatoms. The van der Waals surface area contributed by atoms with Crippen molar-refractivity contribution in [3.05, 3.63) is 52.5 Å². The zero-order chi connectivity index (χ0) is 15.6. The predicted molar refractivity (Wildman–Crippen MR) is 82.8 cm³/mol. The molecule has 0 radical (unpaired) electrons. The first-order chi connectivity index (χ1) is 9.79. The van der Waals surface area contributed by atoms with Crippen LogP contribution in [-0.4, -0.2) is 19.5 Å². The van der Waals surface area contributed by atoms with Crippen molar-refractivity contribution in [3.63, 3.8) is 0 Å². The van der Waals surface area contributed by atoms with Crippen LogP contribution >= 0.6 is 15.9 Å². The van der Waals surface area contributed by atoms with Gasteiger partial charge in [-0.25, -0.2) is 13.2 Å². The lowest BCUT2D eigenvalue weighted by Crippen LogP contribution is -2.17.